The fourth-order valence-corrected chi connectivity index (χ4v) is 2.93. The van der Waals surface area contributed by atoms with E-state index in [9.17, 15) is 0 Å². The lowest BCUT2D eigenvalue weighted by Crippen LogP contribution is -2.37. The van der Waals surface area contributed by atoms with E-state index in [1.165, 1.54) is 29.7 Å². The lowest BCUT2D eigenvalue weighted by molar-refractivity contribution is 0.0417. The van der Waals surface area contributed by atoms with Crippen molar-refractivity contribution in [2.75, 3.05) is 32.2 Å². The van der Waals surface area contributed by atoms with E-state index in [0.29, 0.717) is 12.0 Å². The smallest absolute Gasteiger partial charge is 0.0509 e. The highest BCUT2D eigenvalue weighted by molar-refractivity contribution is 5.53. The Hall–Kier alpha value is -1.06. The summed E-state index contributed by atoms with van der Waals surface area (Å²) in [6.45, 7) is 7.24. The molecular formula is C17H28N2O. The summed E-state index contributed by atoms with van der Waals surface area (Å²) in [5, 5.41) is 3.65. The van der Waals surface area contributed by atoms with E-state index in [1.54, 1.807) is 0 Å². The second-order valence-corrected chi connectivity index (χ2v) is 6.16. The molecule has 3 heteroatoms. The van der Waals surface area contributed by atoms with Crippen molar-refractivity contribution < 1.29 is 4.74 Å². The van der Waals surface area contributed by atoms with Crippen molar-refractivity contribution in [1.82, 2.24) is 5.32 Å². The summed E-state index contributed by atoms with van der Waals surface area (Å²) in [5.74, 6) is 0.658. The van der Waals surface area contributed by atoms with Crippen LogP contribution in [0.15, 0.2) is 18.2 Å². The van der Waals surface area contributed by atoms with Gasteiger partial charge in [0.1, 0.15) is 0 Å². The van der Waals surface area contributed by atoms with Crippen LogP contribution >= 0.6 is 0 Å². The van der Waals surface area contributed by atoms with Gasteiger partial charge in [-0.25, -0.2) is 0 Å². The van der Waals surface area contributed by atoms with Gasteiger partial charge in [-0.2, -0.15) is 0 Å². The van der Waals surface area contributed by atoms with E-state index in [-0.39, 0.29) is 0 Å². The predicted octanol–water partition coefficient (Wildman–Crippen LogP) is 2.97. The SMILES string of the molecule is Cc1cc(CN[C@@H](C)[C@H]2CCCOC2)ccc1N(C)C. The summed E-state index contributed by atoms with van der Waals surface area (Å²) in [6.07, 6.45) is 2.49. The first-order chi connectivity index (χ1) is 9.58. The van der Waals surface area contributed by atoms with Gasteiger partial charge in [-0.15, -0.1) is 0 Å². The highest BCUT2D eigenvalue weighted by Gasteiger charge is 2.20. The minimum atomic E-state index is 0.518. The normalized spacial score (nSPS) is 20.7. The molecule has 112 valence electrons. The summed E-state index contributed by atoms with van der Waals surface area (Å²) in [5.41, 5.74) is 3.99. The molecule has 2 atom stereocenters. The van der Waals surface area contributed by atoms with Crippen LogP contribution in [0.3, 0.4) is 0 Å². The molecule has 0 radical (unpaired) electrons. The monoisotopic (exact) mass is 276 g/mol. The van der Waals surface area contributed by atoms with Crippen LogP contribution in [0.5, 0.6) is 0 Å². The lowest BCUT2D eigenvalue weighted by atomic mass is 9.95. The Kier molecular flexibility index (Phi) is 5.44. The van der Waals surface area contributed by atoms with Crippen LogP contribution in [0, 0.1) is 12.8 Å². The molecule has 0 bridgehead atoms. The van der Waals surface area contributed by atoms with E-state index in [1.807, 2.05) is 0 Å². The number of benzene rings is 1. The quantitative estimate of drug-likeness (QED) is 0.895. The molecule has 0 amide bonds. The highest BCUT2D eigenvalue weighted by atomic mass is 16.5. The molecule has 0 aliphatic carbocycles. The van der Waals surface area contributed by atoms with Crippen LogP contribution in [-0.2, 0) is 11.3 Å². The van der Waals surface area contributed by atoms with E-state index in [0.717, 1.165) is 19.8 Å². The molecule has 0 spiro atoms. The molecule has 20 heavy (non-hydrogen) atoms. The van der Waals surface area contributed by atoms with Gasteiger partial charge in [-0.05, 0) is 49.8 Å². The summed E-state index contributed by atoms with van der Waals surface area (Å²) in [6, 6.07) is 7.23. The number of anilines is 1. The van der Waals surface area contributed by atoms with Gasteiger partial charge in [-0.3, -0.25) is 0 Å². The van der Waals surface area contributed by atoms with Gasteiger partial charge < -0.3 is 15.0 Å². The summed E-state index contributed by atoms with van der Waals surface area (Å²) in [7, 11) is 4.18. The van der Waals surface area contributed by atoms with Gasteiger partial charge in [0.05, 0.1) is 6.61 Å². The third-order valence-corrected chi connectivity index (χ3v) is 4.27. The van der Waals surface area contributed by atoms with Crippen LogP contribution in [0.1, 0.15) is 30.9 Å². The van der Waals surface area contributed by atoms with Crippen LogP contribution in [0.4, 0.5) is 5.69 Å². The Morgan fingerprint density at radius 1 is 1.40 bits per heavy atom. The molecule has 1 aliphatic heterocycles. The van der Waals surface area contributed by atoms with Gasteiger partial charge in [0.2, 0.25) is 0 Å². The average molecular weight is 276 g/mol. The molecule has 1 aromatic rings. The maximum atomic E-state index is 5.57. The number of rotatable bonds is 5. The second-order valence-electron chi connectivity index (χ2n) is 6.16. The first kappa shape index (κ1) is 15.3. The number of hydrogen-bond acceptors (Lipinski definition) is 3. The molecule has 1 aliphatic rings. The Bertz CT molecular complexity index is 425. The Morgan fingerprint density at radius 2 is 2.20 bits per heavy atom. The van der Waals surface area contributed by atoms with Crippen molar-refractivity contribution in [3.63, 3.8) is 0 Å². The largest absolute Gasteiger partial charge is 0.381 e. The standard InChI is InChI=1S/C17H28N2O/c1-13-10-15(7-8-17(13)19(3)4)11-18-14(2)16-6-5-9-20-12-16/h7-8,10,14,16,18H,5-6,9,11-12H2,1-4H3/t14-,16-/m0/s1. The lowest BCUT2D eigenvalue weighted by Gasteiger charge is -2.28. The van der Waals surface area contributed by atoms with Crippen LogP contribution in [-0.4, -0.2) is 33.4 Å². The summed E-state index contributed by atoms with van der Waals surface area (Å²) >= 11 is 0. The molecular weight excluding hydrogens is 248 g/mol. The number of aryl methyl sites for hydroxylation is 1. The molecule has 1 aromatic carbocycles. The molecule has 1 heterocycles. The van der Waals surface area contributed by atoms with E-state index in [4.69, 9.17) is 4.74 Å². The average Bonchev–Trinajstić information content (AvgIpc) is 2.45. The summed E-state index contributed by atoms with van der Waals surface area (Å²) in [4.78, 5) is 2.16. The fourth-order valence-electron chi connectivity index (χ4n) is 2.93. The van der Waals surface area contributed by atoms with Gasteiger partial charge in [0, 0.05) is 39.0 Å². The molecule has 0 unspecified atom stereocenters. The summed E-state index contributed by atoms with van der Waals surface area (Å²) < 4.78 is 5.57. The molecule has 1 fully saturated rings. The zero-order chi connectivity index (χ0) is 14.5. The predicted molar refractivity (Wildman–Crippen MR) is 85.4 cm³/mol. The Morgan fingerprint density at radius 3 is 2.80 bits per heavy atom. The van der Waals surface area contributed by atoms with Crippen molar-refractivity contribution in [2.24, 2.45) is 5.92 Å². The molecule has 2 rings (SSSR count). The minimum Gasteiger partial charge on any atom is -0.381 e. The molecule has 1 saturated heterocycles. The highest BCUT2D eigenvalue weighted by Crippen LogP contribution is 2.20. The minimum absolute atomic E-state index is 0.518. The van der Waals surface area contributed by atoms with Gasteiger partial charge in [0.25, 0.3) is 0 Å². The topological polar surface area (TPSA) is 24.5 Å². The number of nitrogens with one attached hydrogen (secondary N) is 1. The Labute approximate surface area is 123 Å². The van der Waals surface area contributed by atoms with Crippen LogP contribution < -0.4 is 10.2 Å². The molecule has 0 saturated carbocycles. The van der Waals surface area contributed by atoms with Crippen LogP contribution in [0.25, 0.3) is 0 Å². The van der Waals surface area contributed by atoms with Crippen molar-refractivity contribution in [3.8, 4) is 0 Å². The zero-order valence-electron chi connectivity index (χ0n) is 13.3. The van der Waals surface area contributed by atoms with Crippen molar-refractivity contribution in [2.45, 2.75) is 39.3 Å². The van der Waals surface area contributed by atoms with Crippen molar-refractivity contribution >= 4 is 5.69 Å². The first-order valence-electron chi connectivity index (χ1n) is 7.66. The Balaban J connectivity index is 1.88. The number of nitrogens with zero attached hydrogens (tertiary/aromatic N) is 1. The van der Waals surface area contributed by atoms with E-state index in [2.05, 4.69) is 56.4 Å². The first-order valence-corrected chi connectivity index (χ1v) is 7.66. The molecule has 3 nitrogen and oxygen atoms in total. The molecule has 1 N–H and O–H groups in total. The maximum absolute atomic E-state index is 5.57. The van der Waals surface area contributed by atoms with Gasteiger partial charge in [0.15, 0.2) is 0 Å². The van der Waals surface area contributed by atoms with Crippen molar-refractivity contribution in [1.29, 1.82) is 0 Å². The van der Waals surface area contributed by atoms with E-state index >= 15 is 0 Å². The number of ether oxygens (including phenoxy) is 1. The third-order valence-electron chi connectivity index (χ3n) is 4.27. The number of hydrogen-bond donors (Lipinski definition) is 1. The maximum Gasteiger partial charge on any atom is 0.0509 e. The van der Waals surface area contributed by atoms with E-state index < -0.39 is 0 Å². The second kappa shape index (κ2) is 7.09. The third kappa shape index (κ3) is 3.97. The van der Waals surface area contributed by atoms with Gasteiger partial charge >= 0.3 is 0 Å². The van der Waals surface area contributed by atoms with Gasteiger partial charge in [-0.1, -0.05) is 12.1 Å². The van der Waals surface area contributed by atoms with Crippen molar-refractivity contribution in [3.05, 3.63) is 29.3 Å². The fraction of sp³-hybridized carbons (Fsp3) is 0.647. The van der Waals surface area contributed by atoms with Crippen LogP contribution in [0.2, 0.25) is 0 Å². The zero-order valence-corrected chi connectivity index (χ0v) is 13.3. The molecule has 0 aromatic heterocycles.